The average molecular weight is 381 g/mol. The number of phenolic OH excluding ortho intramolecular Hbond substituents is 1. The molecule has 2 radical (unpaired) electrons. The van der Waals surface area contributed by atoms with E-state index in [2.05, 4.69) is 51.6 Å². The summed E-state index contributed by atoms with van der Waals surface area (Å²) in [6, 6.07) is 4.45. The molecule has 2 N–H and O–H groups in total. The van der Waals surface area contributed by atoms with E-state index in [1.165, 1.54) is 38.3 Å². The average Bonchev–Trinajstić information content (AvgIpc) is 2.59. The molecule has 1 amide bonds. The fraction of sp³-hybridized carbons (Fsp3) is 0.619. The lowest BCUT2D eigenvalue weighted by Crippen LogP contribution is -2.07. The minimum atomic E-state index is -0.880. The lowest BCUT2D eigenvalue weighted by Gasteiger charge is -2.08. The van der Waals surface area contributed by atoms with Gasteiger partial charge in [0.15, 0.2) is 0 Å². The first-order chi connectivity index (χ1) is 12.7. The lowest BCUT2D eigenvalue weighted by molar-refractivity contribution is -0.114. The van der Waals surface area contributed by atoms with Gasteiger partial charge in [0.05, 0.1) is 5.69 Å². The molecule has 0 unspecified atom stereocenters. The summed E-state index contributed by atoms with van der Waals surface area (Å²) >= 11 is 0. The number of hydrogen-bond donors (Lipinski definition) is 2. The van der Waals surface area contributed by atoms with Gasteiger partial charge in [0, 0.05) is 6.92 Å². The van der Waals surface area contributed by atoms with Gasteiger partial charge in [-0.3, -0.25) is 9.59 Å². The molecule has 156 valence electrons. The van der Waals surface area contributed by atoms with Crippen molar-refractivity contribution in [3.05, 3.63) is 23.8 Å². The Balaban J connectivity index is -0.000000201. The number of carbonyl (C=O) groups is 2. The second-order valence-corrected chi connectivity index (χ2v) is 5.26. The van der Waals surface area contributed by atoms with E-state index in [1.54, 1.807) is 6.07 Å². The molecule has 0 aliphatic rings. The van der Waals surface area contributed by atoms with E-state index in [-0.39, 0.29) is 24.0 Å². The predicted octanol–water partition coefficient (Wildman–Crippen LogP) is 6.43. The van der Waals surface area contributed by atoms with E-state index in [0.29, 0.717) is 5.56 Å². The highest BCUT2D eigenvalue weighted by molar-refractivity contribution is 6.55. The Kier molecular flexibility index (Phi) is 31.8. The Bertz CT molecular complexity index is 461. The summed E-state index contributed by atoms with van der Waals surface area (Å²) in [5.74, 6) is -1.24. The van der Waals surface area contributed by atoms with Crippen LogP contribution in [0.3, 0.4) is 0 Å². The summed E-state index contributed by atoms with van der Waals surface area (Å²) < 4.78 is 4.57. The van der Waals surface area contributed by atoms with E-state index in [1.807, 2.05) is 13.8 Å². The minimum Gasteiger partial charge on any atom is -0.506 e. The van der Waals surface area contributed by atoms with Crippen molar-refractivity contribution in [2.24, 2.45) is 0 Å². The molecule has 1 rings (SSSR count). The molecule has 0 heterocycles. The third-order valence-corrected chi connectivity index (χ3v) is 1.75. The smallest absolute Gasteiger partial charge is 0.236 e. The molecule has 0 aromatic heterocycles. The Morgan fingerprint density at radius 2 is 1.41 bits per heavy atom. The summed E-state index contributed by atoms with van der Waals surface area (Å²) in [6.07, 6.45) is 3.75. The molecule has 0 atom stereocenters. The monoisotopic (exact) mass is 381 g/mol. The van der Waals surface area contributed by atoms with Crippen LogP contribution in [0.1, 0.15) is 87.1 Å². The Labute approximate surface area is 168 Å². The highest BCUT2D eigenvalue weighted by Gasteiger charge is 2.05. The van der Waals surface area contributed by atoms with Gasteiger partial charge in [-0.2, -0.15) is 0 Å². The van der Waals surface area contributed by atoms with Gasteiger partial charge in [-0.25, -0.2) is 0 Å². The van der Waals surface area contributed by atoms with Crippen molar-refractivity contribution in [1.82, 2.24) is 0 Å². The fourth-order valence-corrected chi connectivity index (χ4v) is 1.12. The van der Waals surface area contributed by atoms with Gasteiger partial charge in [-0.15, -0.1) is 0 Å². The first-order valence-electron chi connectivity index (χ1n) is 9.75. The summed E-state index contributed by atoms with van der Waals surface area (Å²) in [5, 5.41) is 11.9. The van der Waals surface area contributed by atoms with Crippen LogP contribution < -0.4 is 5.32 Å². The molecule has 5 nitrogen and oxygen atoms in total. The number of carbonyl (C=O) groups excluding carboxylic acids is 2. The zero-order chi connectivity index (χ0) is 22.3. The van der Waals surface area contributed by atoms with Gasteiger partial charge in [-0.05, 0) is 17.7 Å². The van der Waals surface area contributed by atoms with E-state index < -0.39 is 5.87 Å². The van der Waals surface area contributed by atoms with Crippen LogP contribution in [0.25, 0.3) is 0 Å². The fourth-order valence-electron chi connectivity index (χ4n) is 1.12. The van der Waals surface area contributed by atoms with Gasteiger partial charge in [0.1, 0.15) is 12.4 Å². The number of nitrogens with one attached hydrogen (secondary N) is 1. The van der Waals surface area contributed by atoms with Crippen molar-refractivity contribution in [2.75, 3.05) is 5.32 Å². The summed E-state index contributed by atoms with van der Waals surface area (Å²) in [5.41, 5.74) is 0.874. The highest BCUT2D eigenvalue weighted by atomic mass is 16.5. The van der Waals surface area contributed by atoms with E-state index in [0.717, 1.165) is 0 Å². The molecule has 0 bridgehead atoms. The Hall–Kier alpha value is -1.98. The van der Waals surface area contributed by atoms with Crippen LogP contribution >= 0.6 is 0 Å². The van der Waals surface area contributed by atoms with Crippen LogP contribution in [-0.2, 0) is 16.1 Å². The number of amides is 1. The van der Waals surface area contributed by atoms with Crippen LogP contribution in [0.15, 0.2) is 18.2 Å². The molecule has 6 heteroatoms. The van der Waals surface area contributed by atoms with Gasteiger partial charge in [0.25, 0.3) is 0 Å². The van der Waals surface area contributed by atoms with Gasteiger partial charge >= 0.3 is 0 Å². The zero-order valence-electron chi connectivity index (χ0n) is 18.8. The standard InChI is InChI=1S/C10H10BNO4.3C3H8.C2H6/c1-6(13)12-8-4-7(2-3-9(8)14)5-16-10(11)15;3*1-3-2;1-2/h2-4,14H,5H2,1H3,(H,12,13);3*3H2,1-2H3;1-2H3. The molecule has 0 aliphatic carbocycles. The van der Waals surface area contributed by atoms with Crippen LogP contribution in [-0.4, -0.2) is 24.7 Å². The second kappa shape index (κ2) is 26.3. The number of ether oxygens (including phenoxy) is 1. The number of anilines is 1. The normalized spacial score (nSPS) is 7.89. The third kappa shape index (κ3) is 29.1. The van der Waals surface area contributed by atoms with Gasteiger partial charge in [0.2, 0.25) is 19.6 Å². The molecule has 0 spiro atoms. The number of aromatic hydroxyl groups is 1. The number of phenols is 1. The van der Waals surface area contributed by atoms with Crippen molar-refractivity contribution in [2.45, 2.75) is 88.2 Å². The molecule has 27 heavy (non-hydrogen) atoms. The summed E-state index contributed by atoms with van der Waals surface area (Å²) in [4.78, 5) is 21.2. The first-order valence-corrected chi connectivity index (χ1v) is 9.75. The summed E-state index contributed by atoms with van der Waals surface area (Å²) in [6.45, 7) is 18.1. The van der Waals surface area contributed by atoms with Crippen molar-refractivity contribution in [3.63, 3.8) is 0 Å². The van der Waals surface area contributed by atoms with E-state index in [4.69, 9.17) is 7.85 Å². The van der Waals surface area contributed by atoms with E-state index in [9.17, 15) is 14.7 Å². The third-order valence-electron chi connectivity index (χ3n) is 1.75. The quantitative estimate of drug-likeness (QED) is 0.467. The second-order valence-electron chi connectivity index (χ2n) is 5.26. The maximum atomic E-state index is 10.8. The zero-order valence-corrected chi connectivity index (χ0v) is 18.8. The summed E-state index contributed by atoms with van der Waals surface area (Å²) in [7, 11) is 4.81. The van der Waals surface area contributed by atoms with Crippen molar-refractivity contribution in [1.29, 1.82) is 0 Å². The van der Waals surface area contributed by atoms with Crippen molar-refractivity contribution >= 4 is 25.3 Å². The maximum Gasteiger partial charge on any atom is 0.236 e. The van der Waals surface area contributed by atoms with Crippen LogP contribution in [0.5, 0.6) is 5.75 Å². The van der Waals surface area contributed by atoms with Crippen LogP contribution in [0, 0.1) is 0 Å². The van der Waals surface area contributed by atoms with Crippen molar-refractivity contribution < 1.29 is 19.4 Å². The number of benzene rings is 1. The highest BCUT2D eigenvalue weighted by Crippen LogP contribution is 2.24. The number of rotatable bonds is 3. The molecule has 0 aliphatic heterocycles. The molecular formula is C21H40BNO4. The van der Waals surface area contributed by atoms with Gasteiger partial charge in [-0.1, -0.05) is 80.7 Å². The molecule has 0 saturated heterocycles. The molecule has 1 aromatic carbocycles. The molecule has 1 aromatic rings. The largest absolute Gasteiger partial charge is 0.506 e. The Morgan fingerprint density at radius 3 is 1.74 bits per heavy atom. The predicted molar refractivity (Wildman–Crippen MR) is 118 cm³/mol. The van der Waals surface area contributed by atoms with Gasteiger partial charge < -0.3 is 15.2 Å². The molecule has 0 fully saturated rings. The first kappa shape index (κ1) is 32.7. The molecule has 0 saturated carbocycles. The minimum absolute atomic E-state index is 0.0117. The number of hydrogen-bond acceptors (Lipinski definition) is 4. The van der Waals surface area contributed by atoms with Crippen molar-refractivity contribution in [3.8, 4) is 5.75 Å². The SMILES string of the molecule is CC.CCC.CCC.CCC.[B]C(=O)OCc1ccc(O)c(NC(C)=O)c1. The topological polar surface area (TPSA) is 75.6 Å². The maximum absolute atomic E-state index is 10.8. The van der Waals surface area contributed by atoms with Crippen LogP contribution in [0.4, 0.5) is 10.5 Å². The van der Waals surface area contributed by atoms with E-state index >= 15 is 0 Å². The lowest BCUT2D eigenvalue weighted by atomic mass is 10.1. The van der Waals surface area contributed by atoms with Crippen LogP contribution in [0.2, 0.25) is 0 Å². The molecular weight excluding hydrogens is 341 g/mol. The Morgan fingerprint density at radius 1 is 1.00 bits per heavy atom.